The number of halogens is 1. The SMILES string of the molecule is CSc1cc(OCc2ccccc2)ccc1I. The van der Waals surface area contributed by atoms with Gasteiger partial charge in [0.15, 0.2) is 0 Å². The molecule has 2 aromatic rings. The van der Waals surface area contributed by atoms with E-state index in [4.69, 9.17) is 4.74 Å². The lowest BCUT2D eigenvalue weighted by atomic mass is 10.2. The van der Waals surface area contributed by atoms with Gasteiger partial charge in [-0.15, -0.1) is 11.8 Å². The molecule has 0 aliphatic carbocycles. The third-order valence-corrected chi connectivity index (χ3v) is 4.46. The molecule has 2 aromatic carbocycles. The van der Waals surface area contributed by atoms with Gasteiger partial charge in [0.05, 0.1) is 0 Å². The molecular weight excluding hydrogens is 343 g/mol. The largest absolute Gasteiger partial charge is 0.489 e. The van der Waals surface area contributed by atoms with E-state index in [9.17, 15) is 0 Å². The molecular formula is C14H13IOS. The van der Waals surface area contributed by atoms with E-state index in [0.717, 1.165) is 5.75 Å². The molecule has 0 aliphatic rings. The maximum atomic E-state index is 5.77. The zero-order valence-electron chi connectivity index (χ0n) is 9.52. The first-order valence-corrected chi connectivity index (χ1v) is 7.60. The zero-order valence-corrected chi connectivity index (χ0v) is 12.5. The van der Waals surface area contributed by atoms with Crippen molar-refractivity contribution >= 4 is 34.4 Å². The van der Waals surface area contributed by atoms with Crippen molar-refractivity contribution in [2.75, 3.05) is 6.26 Å². The van der Waals surface area contributed by atoms with Crippen LogP contribution in [0.2, 0.25) is 0 Å². The summed E-state index contributed by atoms with van der Waals surface area (Å²) >= 11 is 4.08. The van der Waals surface area contributed by atoms with E-state index < -0.39 is 0 Å². The molecule has 0 unspecified atom stereocenters. The first kappa shape index (κ1) is 12.8. The van der Waals surface area contributed by atoms with Crippen molar-refractivity contribution in [1.82, 2.24) is 0 Å². The molecule has 0 atom stereocenters. The van der Waals surface area contributed by atoms with Crippen molar-refractivity contribution in [2.45, 2.75) is 11.5 Å². The van der Waals surface area contributed by atoms with Crippen molar-refractivity contribution in [3.8, 4) is 5.75 Å². The first-order valence-electron chi connectivity index (χ1n) is 5.30. The highest BCUT2D eigenvalue weighted by molar-refractivity contribution is 14.1. The number of hydrogen-bond donors (Lipinski definition) is 0. The lowest BCUT2D eigenvalue weighted by molar-refractivity contribution is 0.305. The van der Waals surface area contributed by atoms with Crippen molar-refractivity contribution < 1.29 is 4.74 Å². The topological polar surface area (TPSA) is 9.23 Å². The van der Waals surface area contributed by atoms with Gasteiger partial charge in [0.2, 0.25) is 0 Å². The summed E-state index contributed by atoms with van der Waals surface area (Å²) in [7, 11) is 0. The minimum absolute atomic E-state index is 0.620. The molecule has 0 spiro atoms. The van der Waals surface area contributed by atoms with Crippen LogP contribution in [0.15, 0.2) is 53.4 Å². The molecule has 0 heterocycles. The summed E-state index contributed by atoms with van der Waals surface area (Å²) < 4.78 is 7.04. The fraction of sp³-hybridized carbons (Fsp3) is 0.143. The minimum atomic E-state index is 0.620. The van der Waals surface area contributed by atoms with Crippen LogP contribution in [-0.4, -0.2) is 6.26 Å². The van der Waals surface area contributed by atoms with E-state index in [0.29, 0.717) is 6.61 Å². The van der Waals surface area contributed by atoms with Crippen LogP contribution in [0.5, 0.6) is 5.75 Å². The lowest BCUT2D eigenvalue weighted by Gasteiger charge is -2.08. The third-order valence-electron chi connectivity index (χ3n) is 2.37. The normalized spacial score (nSPS) is 10.2. The van der Waals surface area contributed by atoms with Crippen LogP contribution < -0.4 is 4.74 Å². The molecule has 0 aromatic heterocycles. The Morgan fingerprint density at radius 2 is 1.88 bits per heavy atom. The average molecular weight is 356 g/mol. The monoisotopic (exact) mass is 356 g/mol. The fourth-order valence-corrected chi connectivity index (χ4v) is 2.96. The fourth-order valence-electron chi connectivity index (χ4n) is 1.47. The van der Waals surface area contributed by atoms with Crippen LogP contribution in [0.25, 0.3) is 0 Å². The third kappa shape index (κ3) is 3.64. The Morgan fingerprint density at radius 3 is 2.59 bits per heavy atom. The number of thioether (sulfide) groups is 1. The second-order valence-corrected chi connectivity index (χ2v) is 5.58. The lowest BCUT2D eigenvalue weighted by Crippen LogP contribution is -1.95. The minimum Gasteiger partial charge on any atom is -0.489 e. The molecule has 0 saturated carbocycles. The molecule has 0 bridgehead atoms. The van der Waals surface area contributed by atoms with Crippen molar-refractivity contribution in [3.63, 3.8) is 0 Å². The highest BCUT2D eigenvalue weighted by Crippen LogP contribution is 2.27. The van der Waals surface area contributed by atoms with Gasteiger partial charge in [-0.05, 0) is 52.6 Å². The van der Waals surface area contributed by atoms with Crippen LogP contribution in [0, 0.1) is 3.57 Å². The van der Waals surface area contributed by atoms with Crippen molar-refractivity contribution in [1.29, 1.82) is 0 Å². The quantitative estimate of drug-likeness (QED) is 0.585. The average Bonchev–Trinajstić information content (AvgIpc) is 2.39. The van der Waals surface area contributed by atoms with Gasteiger partial charge in [-0.25, -0.2) is 0 Å². The Morgan fingerprint density at radius 1 is 1.12 bits per heavy atom. The molecule has 3 heteroatoms. The van der Waals surface area contributed by atoms with Gasteiger partial charge >= 0.3 is 0 Å². The Labute approximate surface area is 120 Å². The van der Waals surface area contributed by atoms with Crippen LogP contribution >= 0.6 is 34.4 Å². The molecule has 0 saturated heterocycles. The van der Waals surface area contributed by atoms with Gasteiger partial charge in [0.1, 0.15) is 12.4 Å². The standard InChI is InChI=1S/C14H13IOS/c1-17-14-9-12(7-8-13(14)15)16-10-11-5-3-2-4-6-11/h2-9H,10H2,1H3. The van der Waals surface area contributed by atoms with E-state index >= 15 is 0 Å². The van der Waals surface area contributed by atoms with E-state index in [1.165, 1.54) is 14.0 Å². The molecule has 88 valence electrons. The summed E-state index contributed by atoms with van der Waals surface area (Å²) in [6.45, 7) is 0.620. The number of rotatable bonds is 4. The molecule has 0 radical (unpaired) electrons. The maximum absolute atomic E-state index is 5.77. The highest BCUT2D eigenvalue weighted by Gasteiger charge is 2.01. The van der Waals surface area contributed by atoms with Gasteiger partial charge in [-0.3, -0.25) is 0 Å². The smallest absolute Gasteiger partial charge is 0.121 e. The molecule has 17 heavy (non-hydrogen) atoms. The van der Waals surface area contributed by atoms with Gasteiger partial charge in [-0.1, -0.05) is 30.3 Å². The summed E-state index contributed by atoms with van der Waals surface area (Å²) in [5.41, 5.74) is 1.19. The summed E-state index contributed by atoms with van der Waals surface area (Å²) in [6, 6.07) is 16.4. The van der Waals surface area contributed by atoms with Gasteiger partial charge < -0.3 is 4.74 Å². The van der Waals surface area contributed by atoms with Gasteiger partial charge in [0.25, 0.3) is 0 Å². The van der Waals surface area contributed by atoms with Crippen molar-refractivity contribution in [2.24, 2.45) is 0 Å². The molecule has 0 aliphatic heterocycles. The van der Waals surface area contributed by atoms with Crippen molar-refractivity contribution in [3.05, 3.63) is 57.7 Å². The van der Waals surface area contributed by atoms with Crippen LogP contribution in [0.4, 0.5) is 0 Å². The van der Waals surface area contributed by atoms with E-state index in [2.05, 4.69) is 53.1 Å². The summed E-state index contributed by atoms with van der Waals surface area (Å²) in [4.78, 5) is 1.26. The predicted molar refractivity (Wildman–Crippen MR) is 81.7 cm³/mol. The Bertz CT molecular complexity index is 485. The van der Waals surface area contributed by atoms with E-state index in [-0.39, 0.29) is 0 Å². The zero-order chi connectivity index (χ0) is 12.1. The summed E-state index contributed by atoms with van der Waals surface area (Å²) in [6.07, 6.45) is 2.08. The Hall–Kier alpha value is -0.680. The highest BCUT2D eigenvalue weighted by atomic mass is 127. The summed E-state index contributed by atoms with van der Waals surface area (Å²) in [5.74, 6) is 0.929. The van der Waals surface area contributed by atoms with E-state index in [1.54, 1.807) is 11.8 Å². The molecule has 0 amide bonds. The maximum Gasteiger partial charge on any atom is 0.121 e. The van der Waals surface area contributed by atoms with Crippen LogP contribution in [0.1, 0.15) is 5.56 Å². The van der Waals surface area contributed by atoms with Crippen LogP contribution in [0.3, 0.4) is 0 Å². The molecule has 0 N–H and O–H groups in total. The molecule has 2 rings (SSSR count). The molecule has 0 fully saturated rings. The van der Waals surface area contributed by atoms with E-state index in [1.807, 2.05) is 24.3 Å². The molecule has 1 nitrogen and oxygen atoms in total. The Balaban J connectivity index is 2.04. The predicted octanol–water partition coefficient (Wildman–Crippen LogP) is 4.59. The second kappa shape index (κ2) is 6.31. The van der Waals surface area contributed by atoms with Gasteiger partial charge in [-0.2, -0.15) is 0 Å². The van der Waals surface area contributed by atoms with Gasteiger partial charge in [0, 0.05) is 8.47 Å². The number of benzene rings is 2. The first-order chi connectivity index (χ1) is 8.29. The Kier molecular flexibility index (Phi) is 4.74. The number of ether oxygens (including phenoxy) is 1. The second-order valence-electron chi connectivity index (χ2n) is 3.57. The number of hydrogen-bond acceptors (Lipinski definition) is 2. The van der Waals surface area contributed by atoms with Crippen LogP contribution in [-0.2, 0) is 6.61 Å². The summed E-state index contributed by atoms with van der Waals surface area (Å²) in [5, 5.41) is 0.